The summed E-state index contributed by atoms with van der Waals surface area (Å²) in [5.41, 5.74) is 6.39. The first-order valence-corrected chi connectivity index (χ1v) is 9.76. The van der Waals surface area contributed by atoms with E-state index in [9.17, 15) is 19.8 Å². The van der Waals surface area contributed by atoms with Crippen molar-refractivity contribution in [2.75, 3.05) is 0 Å². The van der Waals surface area contributed by atoms with Crippen molar-refractivity contribution >= 4 is 11.9 Å². The summed E-state index contributed by atoms with van der Waals surface area (Å²) in [5.74, 6) is -0.307. The van der Waals surface area contributed by atoms with E-state index in [1.165, 1.54) is 0 Å². The van der Waals surface area contributed by atoms with E-state index in [0.29, 0.717) is 18.8 Å². The Labute approximate surface area is 160 Å². The second-order valence-corrected chi connectivity index (χ2v) is 8.94. The summed E-state index contributed by atoms with van der Waals surface area (Å²) >= 11 is 0. The van der Waals surface area contributed by atoms with Gasteiger partial charge in [-0.15, -0.1) is 0 Å². The van der Waals surface area contributed by atoms with E-state index in [2.05, 4.69) is 5.32 Å². The lowest BCUT2D eigenvalue weighted by Crippen LogP contribution is -2.58. The zero-order valence-corrected chi connectivity index (χ0v) is 15.9. The fourth-order valence-corrected chi connectivity index (χ4v) is 5.46. The molecule has 6 heteroatoms. The molecule has 0 saturated heterocycles. The number of aliphatic carboxylic acids is 1. The molecule has 2 fully saturated rings. The van der Waals surface area contributed by atoms with Gasteiger partial charge in [0.15, 0.2) is 0 Å². The van der Waals surface area contributed by atoms with Crippen LogP contribution in [-0.2, 0) is 16.0 Å². The third-order valence-electron chi connectivity index (χ3n) is 6.23. The van der Waals surface area contributed by atoms with Crippen LogP contribution in [0.4, 0.5) is 0 Å². The Morgan fingerprint density at radius 1 is 1.30 bits per heavy atom. The first-order valence-electron chi connectivity index (χ1n) is 9.76. The van der Waals surface area contributed by atoms with Crippen LogP contribution in [0.15, 0.2) is 24.3 Å². The Balaban J connectivity index is 1.66. The normalized spacial score (nSPS) is 31.1. The number of fused-ring (bicyclic) bond motifs is 2. The molecular weight excluding hydrogens is 344 g/mol. The van der Waals surface area contributed by atoms with Crippen molar-refractivity contribution in [2.24, 2.45) is 17.1 Å². The molecule has 0 unspecified atom stereocenters. The number of phenols is 1. The first-order chi connectivity index (χ1) is 12.7. The third-order valence-corrected chi connectivity index (χ3v) is 6.23. The van der Waals surface area contributed by atoms with Crippen LogP contribution in [0, 0.1) is 11.3 Å². The van der Waals surface area contributed by atoms with Crippen LogP contribution in [0.3, 0.4) is 0 Å². The highest BCUT2D eigenvalue weighted by Gasteiger charge is 2.49. The van der Waals surface area contributed by atoms with E-state index in [4.69, 9.17) is 5.73 Å². The fraction of sp³-hybridized carbons (Fsp3) is 0.619. The summed E-state index contributed by atoms with van der Waals surface area (Å²) in [7, 11) is 0. The maximum atomic E-state index is 12.7. The number of aromatic hydroxyl groups is 1. The number of amides is 1. The minimum absolute atomic E-state index is 0.175. The Morgan fingerprint density at radius 3 is 2.67 bits per heavy atom. The van der Waals surface area contributed by atoms with Gasteiger partial charge >= 0.3 is 5.97 Å². The smallest absolute Gasteiger partial charge is 0.303 e. The number of nitrogens with two attached hydrogens (primary N) is 1. The topological polar surface area (TPSA) is 113 Å². The lowest BCUT2D eigenvalue weighted by molar-refractivity contribution is -0.142. The maximum absolute atomic E-state index is 12.7. The minimum atomic E-state index is -0.754. The predicted octanol–water partition coefficient (Wildman–Crippen LogP) is 2.58. The molecule has 4 atom stereocenters. The summed E-state index contributed by atoms with van der Waals surface area (Å²) in [6.45, 7) is 2.03. The maximum Gasteiger partial charge on any atom is 0.303 e. The van der Waals surface area contributed by atoms with Crippen LogP contribution >= 0.6 is 0 Å². The summed E-state index contributed by atoms with van der Waals surface area (Å²) in [6, 6.07) is 6.01. The van der Waals surface area contributed by atoms with Gasteiger partial charge in [0, 0.05) is 5.54 Å². The van der Waals surface area contributed by atoms with E-state index < -0.39 is 17.6 Å². The summed E-state index contributed by atoms with van der Waals surface area (Å²) in [6.07, 6.45) is 6.19. The van der Waals surface area contributed by atoms with Crippen LogP contribution in [0.1, 0.15) is 57.4 Å². The standard InChI is InChI=1S/C21H30N2O4/c1-20(10-15-3-2-8-21(11-15,13-20)12-18(25)26)23-19(27)17(22)9-14-4-6-16(24)7-5-14/h4-7,15,17,24H,2-3,8-13,22H2,1H3,(H,23,27)(H,25,26)/t15-,17+,20+,21-/m1/s1. The number of hydrogen-bond donors (Lipinski definition) is 4. The third kappa shape index (κ3) is 4.80. The van der Waals surface area contributed by atoms with Crippen LogP contribution in [0.25, 0.3) is 0 Å². The van der Waals surface area contributed by atoms with Crippen LogP contribution in [0.2, 0.25) is 0 Å². The van der Waals surface area contributed by atoms with Crippen molar-refractivity contribution < 1.29 is 19.8 Å². The molecule has 2 aliphatic carbocycles. The number of hydrogen-bond acceptors (Lipinski definition) is 4. The number of carbonyl (C=O) groups excluding carboxylic acids is 1. The number of benzene rings is 1. The Bertz CT molecular complexity index is 705. The zero-order chi connectivity index (χ0) is 19.7. The van der Waals surface area contributed by atoms with Gasteiger partial charge in [-0.1, -0.05) is 25.0 Å². The number of nitrogens with one attached hydrogen (secondary N) is 1. The molecule has 2 saturated carbocycles. The molecule has 1 aromatic carbocycles. The van der Waals surface area contributed by atoms with Gasteiger partial charge in [-0.2, -0.15) is 0 Å². The Kier molecular flexibility index (Phi) is 5.47. The lowest BCUT2D eigenvalue weighted by Gasteiger charge is -2.52. The first kappa shape index (κ1) is 19.7. The molecular formula is C21H30N2O4. The van der Waals surface area contributed by atoms with Gasteiger partial charge in [-0.05, 0) is 68.1 Å². The Morgan fingerprint density at radius 2 is 2.00 bits per heavy atom. The molecule has 1 aromatic rings. The molecule has 0 aromatic heterocycles. The van der Waals surface area contributed by atoms with Gasteiger partial charge in [-0.25, -0.2) is 0 Å². The fourth-order valence-electron chi connectivity index (χ4n) is 5.46. The van der Waals surface area contributed by atoms with E-state index >= 15 is 0 Å². The molecule has 2 aliphatic rings. The van der Waals surface area contributed by atoms with Crippen LogP contribution in [0.5, 0.6) is 5.75 Å². The Hall–Kier alpha value is -2.08. The minimum Gasteiger partial charge on any atom is -0.508 e. The van der Waals surface area contributed by atoms with Crippen molar-refractivity contribution in [2.45, 2.75) is 69.9 Å². The molecule has 6 nitrogen and oxygen atoms in total. The van der Waals surface area contributed by atoms with Gasteiger partial charge in [0.2, 0.25) is 5.91 Å². The predicted molar refractivity (Wildman–Crippen MR) is 102 cm³/mol. The molecule has 3 rings (SSSR count). The van der Waals surface area contributed by atoms with E-state index in [0.717, 1.165) is 37.7 Å². The lowest BCUT2D eigenvalue weighted by atomic mass is 9.55. The van der Waals surface area contributed by atoms with Gasteiger partial charge in [-0.3, -0.25) is 9.59 Å². The van der Waals surface area contributed by atoms with E-state index in [1.807, 2.05) is 6.92 Å². The number of phenolic OH excluding ortho intramolecular Hbond substituents is 1. The monoisotopic (exact) mass is 374 g/mol. The highest BCUT2D eigenvalue weighted by molar-refractivity contribution is 5.82. The van der Waals surface area contributed by atoms with Crippen molar-refractivity contribution in [3.05, 3.63) is 29.8 Å². The summed E-state index contributed by atoms with van der Waals surface area (Å²) in [4.78, 5) is 24.1. The van der Waals surface area contributed by atoms with Gasteiger partial charge < -0.3 is 21.3 Å². The van der Waals surface area contributed by atoms with Crippen molar-refractivity contribution in [1.29, 1.82) is 0 Å². The average molecular weight is 374 g/mol. The molecule has 1 amide bonds. The second kappa shape index (κ2) is 7.50. The highest BCUT2D eigenvalue weighted by atomic mass is 16.4. The second-order valence-electron chi connectivity index (χ2n) is 8.94. The largest absolute Gasteiger partial charge is 0.508 e. The molecule has 2 bridgehead atoms. The molecule has 0 radical (unpaired) electrons. The average Bonchev–Trinajstić information content (AvgIpc) is 2.54. The van der Waals surface area contributed by atoms with Gasteiger partial charge in [0.05, 0.1) is 12.5 Å². The summed E-state index contributed by atoms with van der Waals surface area (Å²) < 4.78 is 0. The number of carboxylic acid groups (broad SMARTS) is 1. The number of carboxylic acids is 1. The SMILES string of the molecule is C[C@]1(NC(=O)[C@@H](N)Cc2ccc(O)cc2)C[C@H]2CCC[C@](CC(=O)O)(C2)C1. The van der Waals surface area contributed by atoms with Gasteiger partial charge in [0.25, 0.3) is 0 Å². The van der Waals surface area contributed by atoms with Crippen LogP contribution < -0.4 is 11.1 Å². The molecule has 0 heterocycles. The molecule has 148 valence electrons. The van der Waals surface area contributed by atoms with E-state index in [-0.39, 0.29) is 23.5 Å². The number of carbonyl (C=O) groups is 2. The summed E-state index contributed by atoms with van der Waals surface area (Å²) in [5, 5.41) is 21.9. The zero-order valence-electron chi connectivity index (χ0n) is 15.9. The number of rotatable bonds is 6. The molecule has 0 aliphatic heterocycles. The van der Waals surface area contributed by atoms with Crippen molar-refractivity contribution in [3.63, 3.8) is 0 Å². The van der Waals surface area contributed by atoms with Gasteiger partial charge in [0.1, 0.15) is 5.75 Å². The quantitative estimate of drug-likeness (QED) is 0.611. The van der Waals surface area contributed by atoms with Crippen LogP contribution in [-0.4, -0.2) is 33.7 Å². The van der Waals surface area contributed by atoms with Crippen molar-refractivity contribution in [3.8, 4) is 5.75 Å². The molecule has 27 heavy (non-hydrogen) atoms. The van der Waals surface area contributed by atoms with Crippen molar-refractivity contribution in [1.82, 2.24) is 5.32 Å². The highest BCUT2D eigenvalue weighted by Crippen LogP contribution is 2.54. The molecule has 0 spiro atoms. The molecule has 5 N–H and O–H groups in total. The van der Waals surface area contributed by atoms with E-state index in [1.54, 1.807) is 24.3 Å².